The molecule has 1 aromatic carbocycles. The molecule has 0 radical (unpaired) electrons. The molecule has 3 aromatic rings. The Morgan fingerprint density at radius 2 is 1.94 bits per heavy atom. The smallest absolute Gasteiger partial charge is 0.185 e. The Bertz CT molecular complexity index is 1060. The molecule has 2 aromatic heterocycles. The minimum absolute atomic E-state index is 0. The van der Waals surface area contributed by atoms with Crippen molar-refractivity contribution in [1.29, 1.82) is 0 Å². The molecule has 1 atom stereocenters. The van der Waals surface area contributed by atoms with Gasteiger partial charge in [0.15, 0.2) is 11.6 Å². The van der Waals surface area contributed by atoms with Crippen LogP contribution in [0.4, 0.5) is 14.5 Å². The molecule has 1 fully saturated rings. The second-order valence-electron chi connectivity index (χ2n) is 7.31. The van der Waals surface area contributed by atoms with E-state index >= 15 is 0 Å². The van der Waals surface area contributed by atoms with Crippen LogP contribution in [0.1, 0.15) is 36.3 Å². The molecule has 0 unspecified atom stereocenters. The molecule has 0 saturated carbocycles. The van der Waals surface area contributed by atoms with Crippen molar-refractivity contribution in [2.75, 3.05) is 18.0 Å². The number of nitrogens with two attached hydrogens (primary N) is 1. The average Bonchev–Trinajstić information content (AvgIpc) is 2.74. The van der Waals surface area contributed by atoms with Crippen molar-refractivity contribution in [2.45, 2.75) is 32.7 Å². The third kappa shape index (κ3) is 4.91. The summed E-state index contributed by atoms with van der Waals surface area (Å²) in [6, 6.07) is 6.93. The zero-order valence-corrected chi connectivity index (χ0v) is 16.3. The molecule has 1 aliphatic heterocycles. The van der Waals surface area contributed by atoms with Gasteiger partial charge in [0.1, 0.15) is 17.3 Å². The molecule has 0 spiro atoms. The molecule has 3 heterocycles. The lowest BCUT2D eigenvalue weighted by Crippen LogP contribution is -2.43. The highest BCUT2D eigenvalue weighted by Gasteiger charge is 2.21. The van der Waals surface area contributed by atoms with Crippen molar-refractivity contribution in [3.05, 3.63) is 71.8 Å². The summed E-state index contributed by atoms with van der Waals surface area (Å²) < 4.78 is 28.2. The lowest BCUT2D eigenvalue weighted by molar-refractivity contribution is 0.0988. The number of hydrogen-bond donors (Lipinski definition) is 1. The first-order valence-corrected chi connectivity index (χ1v) is 9.77. The number of piperidine rings is 1. The number of benzene rings is 1. The number of rotatable bonds is 5. The molecule has 162 valence electrons. The van der Waals surface area contributed by atoms with E-state index in [1.54, 1.807) is 12.4 Å². The summed E-state index contributed by atoms with van der Waals surface area (Å²) >= 11 is 0. The summed E-state index contributed by atoms with van der Waals surface area (Å²) in [5, 5.41) is 0. The fourth-order valence-electron chi connectivity index (χ4n) is 3.70. The van der Waals surface area contributed by atoms with Gasteiger partial charge in [0.05, 0.1) is 5.56 Å². The first kappa shape index (κ1) is 22.4. The van der Waals surface area contributed by atoms with Gasteiger partial charge in [0.2, 0.25) is 0 Å². The average molecular weight is 425 g/mol. The van der Waals surface area contributed by atoms with Crippen molar-refractivity contribution >= 4 is 11.5 Å². The molecule has 31 heavy (non-hydrogen) atoms. The van der Waals surface area contributed by atoms with E-state index in [-0.39, 0.29) is 42.8 Å². The second-order valence-corrected chi connectivity index (χ2v) is 7.31. The molecule has 0 bridgehead atoms. The number of aromatic nitrogens is 3. The maximum atomic E-state index is 14.1. The van der Waals surface area contributed by atoms with Crippen LogP contribution in [0.25, 0.3) is 11.4 Å². The van der Waals surface area contributed by atoms with Gasteiger partial charge in [-0.3, -0.25) is 9.78 Å². The maximum absolute atomic E-state index is 14.1. The molecular formula is C23H25F2N5O. The molecule has 6 nitrogen and oxygen atoms in total. The van der Waals surface area contributed by atoms with Gasteiger partial charge in [-0.25, -0.2) is 18.7 Å². The van der Waals surface area contributed by atoms with E-state index in [1.165, 1.54) is 18.3 Å². The summed E-state index contributed by atoms with van der Waals surface area (Å²) in [5.74, 6) is -2.01. The lowest BCUT2D eigenvalue weighted by Gasteiger charge is -2.33. The Morgan fingerprint density at radius 3 is 2.68 bits per heavy atom. The van der Waals surface area contributed by atoms with E-state index in [1.807, 2.05) is 6.07 Å². The molecule has 0 amide bonds. The summed E-state index contributed by atoms with van der Waals surface area (Å²) in [6.45, 7) is 1.58. The van der Waals surface area contributed by atoms with Gasteiger partial charge in [0.25, 0.3) is 0 Å². The minimum atomic E-state index is -0.782. The van der Waals surface area contributed by atoms with E-state index in [2.05, 4.69) is 19.9 Å². The normalized spacial score (nSPS) is 16.0. The summed E-state index contributed by atoms with van der Waals surface area (Å²) in [6.07, 6.45) is 6.70. The SMILES string of the molecule is C.N[C@H]1CCCN(c2ccncc2CC(=O)c2ccnc(-c3c(F)cccc3F)n2)C1. The van der Waals surface area contributed by atoms with Gasteiger partial charge < -0.3 is 10.6 Å². The third-order valence-corrected chi connectivity index (χ3v) is 5.16. The molecule has 1 saturated heterocycles. The van der Waals surface area contributed by atoms with Crippen LogP contribution in [-0.4, -0.2) is 39.9 Å². The zero-order valence-electron chi connectivity index (χ0n) is 16.3. The standard InChI is InChI=1S/C22H21F2N5O.CH4/c23-16-4-1-5-17(24)21(16)22-27-9-6-18(28-22)20(30)11-14-12-26-8-7-19(14)29-10-2-3-15(25)13-29;/h1,4-9,12,15H,2-3,10-11,13,25H2;1H4/t15-;/m0./s1. The highest BCUT2D eigenvalue weighted by molar-refractivity contribution is 5.96. The zero-order chi connectivity index (χ0) is 21.1. The van der Waals surface area contributed by atoms with Gasteiger partial charge >= 0.3 is 0 Å². The molecule has 8 heteroatoms. The van der Waals surface area contributed by atoms with Gasteiger partial charge in [-0.1, -0.05) is 13.5 Å². The van der Waals surface area contributed by atoms with Gasteiger partial charge in [0, 0.05) is 55.4 Å². The molecule has 4 rings (SSSR count). The Morgan fingerprint density at radius 1 is 1.16 bits per heavy atom. The van der Waals surface area contributed by atoms with Crippen LogP contribution in [-0.2, 0) is 6.42 Å². The lowest BCUT2D eigenvalue weighted by atomic mass is 10.0. The molecule has 1 aliphatic rings. The van der Waals surface area contributed by atoms with E-state index in [4.69, 9.17) is 5.73 Å². The van der Waals surface area contributed by atoms with Crippen LogP contribution >= 0.6 is 0 Å². The number of halogens is 2. The highest BCUT2D eigenvalue weighted by atomic mass is 19.1. The monoisotopic (exact) mass is 425 g/mol. The minimum Gasteiger partial charge on any atom is -0.370 e. The van der Waals surface area contributed by atoms with Crippen LogP contribution in [0.15, 0.2) is 48.9 Å². The fraction of sp³-hybridized carbons (Fsp3) is 0.304. The Kier molecular flexibility index (Phi) is 7.02. The van der Waals surface area contributed by atoms with Crippen LogP contribution in [0.5, 0.6) is 0 Å². The summed E-state index contributed by atoms with van der Waals surface area (Å²) in [7, 11) is 0. The van der Waals surface area contributed by atoms with Gasteiger partial charge in [-0.15, -0.1) is 0 Å². The van der Waals surface area contributed by atoms with E-state index in [0.29, 0.717) is 0 Å². The topological polar surface area (TPSA) is 85.0 Å². The van der Waals surface area contributed by atoms with Crippen LogP contribution in [0, 0.1) is 11.6 Å². The van der Waals surface area contributed by atoms with Gasteiger partial charge in [-0.05, 0) is 37.1 Å². The van der Waals surface area contributed by atoms with Crippen LogP contribution < -0.4 is 10.6 Å². The van der Waals surface area contributed by atoms with Gasteiger partial charge in [-0.2, -0.15) is 0 Å². The van der Waals surface area contributed by atoms with E-state index in [9.17, 15) is 13.6 Å². The molecular weight excluding hydrogens is 400 g/mol. The number of hydrogen-bond acceptors (Lipinski definition) is 6. The van der Waals surface area contributed by atoms with Crippen molar-refractivity contribution in [3.63, 3.8) is 0 Å². The quantitative estimate of drug-likeness (QED) is 0.626. The Labute approximate surface area is 180 Å². The highest BCUT2D eigenvalue weighted by Crippen LogP contribution is 2.25. The van der Waals surface area contributed by atoms with Crippen molar-refractivity contribution in [1.82, 2.24) is 15.0 Å². The summed E-state index contributed by atoms with van der Waals surface area (Å²) in [5.41, 5.74) is 7.52. The van der Waals surface area contributed by atoms with Crippen LogP contribution in [0.3, 0.4) is 0 Å². The maximum Gasteiger partial charge on any atom is 0.185 e. The first-order valence-electron chi connectivity index (χ1n) is 9.77. The second kappa shape index (κ2) is 9.70. The Hall–Kier alpha value is -3.26. The largest absolute Gasteiger partial charge is 0.370 e. The predicted octanol–water partition coefficient (Wildman–Crippen LogP) is 3.81. The number of nitrogens with zero attached hydrogens (tertiary/aromatic N) is 4. The van der Waals surface area contributed by atoms with Crippen molar-refractivity contribution in [2.24, 2.45) is 5.73 Å². The third-order valence-electron chi connectivity index (χ3n) is 5.16. The Balaban J connectivity index is 0.00000272. The van der Waals surface area contributed by atoms with Crippen LogP contribution in [0.2, 0.25) is 0 Å². The van der Waals surface area contributed by atoms with E-state index in [0.717, 1.165) is 49.3 Å². The first-order chi connectivity index (χ1) is 14.5. The predicted molar refractivity (Wildman–Crippen MR) is 116 cm³/mol. The van der Waals surface area contributed by atoms with E-state index < -0.39 is 11.6 Å². The molecule has 2 N–H and O–H groups in total. The number of pyridine rings is 1. The number of carbonyl (C=O) groups excluding carboxylic acids is 1. The van der Waals surface area contributed by atoms with Crippen molar-refractivity contribution in [3.8, 4) is 11.4 Å². The number of anilines is 1. The van der Waals surface area contributed by atoms with Crippen molar-refractivity contribution < 1.29 is 13.6 Å². The fourth-order valence-corrected chi connectivity index (χ4v) is 3.70. The number of ketones is 1. The summed E-state index contributed by atoms with van der Waals surface area (Å²) in [4.78, 5) is 27.3. The number of carbonyl (C=O) groups is 1. The molecule has 0 aliphatic carbocycles. The number of Topliss-reactive ketones (excluding diaryl/α,β-unsaturated/α-hetero) is 1.